The number of benzene rings is 3. The number of sulfonamides is 1. The fourth-order valence-electron chi connectivity index (χ4n) is 4.86. The summed E-state index contributed by atoms with van der Waals surface area (Å²) in [5.74, 6) is -0.644. The van der Waals surface area contributed by atoms with Crippen molar-refractivity contribution < 1.29 is 18.0 Å². The number of carbonyl (C=O) groups is 2. The minimum Gasteiger partial charge on any atom is -0.354 e. The molecule has 0 aromatic heterocycles. The number of hydrogen-bond acceptors (Lipinski definition) is 4. The molecule has 0 radical (unpaired) electrons. The van der Waals surface area contributed by atoms with E-state index < -0.39 is 28.5 Å². The Balaban J connectivity index is 2.01. The van der Waals surface area contributed by atoms with Gasteiger partial charge >= 0.3 is 0 Å². The Morgan fingerprint density at radius 3 is 2.07 bits per heavy atom. The lowest BCUT2D eigenvalue weighted by molar-refractivity contribution is -0.139. The van der Waals surface area contributed by atoms with Crippen LogP contribution in [0.25, 0.3) is 0 Å². The van der Waals surface area contributed by atoms with Crippen molar-refractivity contribution in [3.63, 3.8) is 0 Å². The van der Waals surface area contributed by atoms with E-state index in [0.29, 0.717) is 25.1 Å². The van der Waals surface area contributed by atoms with Gasteiger partial charge in [0.05, 0.1) is 10.6 Å². The van der Waals surface area contributed by atoms with Gasteiger partial charge in [-0.25, -0.2) is 8.42 Å². The standard InChI is InChI=1S/C33H43N3O4S/c1-6-8-19-34-33(38)31(7-2)35(20-18-28-12-10-9-11-13-28)32(37)24-36(29-22-26(4)21-27(5)23-29)41(39,40)30-16-14-25(3)15-17-30/h9-17,21-23,31H,6-8,18-20,24H2,1-5H3,(H,34,38). The van der Waals surface area contributed by atoms with Crippen LogP contribution < -0.4 is 9.62 Å². The average molecular weight is 578 g/mol. The van der Waals surface area contributed by atoms with Crippen molar-refractivity contribution in [2.45, 2.75) is 71.2 Å². The summed E-state index contributed by atoms with van der Waals surface area (Å²) >= 11 is 0. The highest BCUT2D eigenvalue weighted by Gasteiger charge is 2.33. The molecule has 1 N–H and O–H groups in total. The lowest BCUT2D eigenvalue weighted by Gasteiger charge is -2.33. The molecular formula is C33H43N3O4S. The molecule has 8 heteroatoms. The monoisotopic (exact) mass is 577 g/mol. The minimum atomic E-state index is -4.09. The number of amides is 2. The van der Waals surface area contributed by atoms with Gasteiger partial charge in [-0.2, -0.15) is 0 Å². The Labute approximate surface area is 245 Å². The molecule has 3 aromatic carbocycles. The molecule has 1 atom stereocenters. The van der Waals surface area contributed by atoms with E-state index in [-0.39, 0.29) is 17.3 Å². The van der Waals surface area contributed by atoms with Crippen LogP contribution in [0.1, 0.15) is 55.4 Å². The van der Waals surface area contributed by atoms with Gasteiger partial charge in [0.25, 0.3) is 10.0 Å². The Kier molecular flexibility index (Phi) is 11.5. The van der Waals surface area contributed by atoms with Crippen molar-refractivity contribution in [2.75, 3.05) is 23.9 Å². The van der Waals surface area contributed by atoms with Gasteiger partial charge in [0.15, 0.2) is 0 Å². The number of rotatable bonds is 14. The van der Waals surface area contributed by atoms with E-state index >= 15 is 0 Å². The van der Waals surface area contributed by atoms with Crippen molar-refractivity contribution in [1.29, 1.82) is 0 Å². The molecule has 7 nitrogen and oxygen atoms in total. The second-order valence-corrected chi connectivity index (χ2v) is 12.4. The highest BCUT2D eigenvalue weighted by molar-refractivity contribution is 7.92. The summed E-state index contributed by atoms with van der Waals surface area (Å²) in [6, 6.07) is 21.2. The third-order valence-corrected chi connectivity index (χ3v) is 8.87. The maximum Gasteiger partial charge on any atom is 0.264 e. The van der Waals surface area contributed by atoms with Gasteiger partial charge in [-0.1, -0.05) is 74.4 Å². The van der Waals surface area contributed by atoms with Gasteiger partial charge in [0, 0.05) is 13.1 Å². The lowest BCUT2D eigenvalue weighted by atomic mass is 10.1. The van der Waals surface area contributed by atoms with Crippen molar-refractivity contribution >= 4 is 27.5 Å². The van der Waals surface area contributed by atoms with E-state index in [9.17, 15) is 18.0 Å². The highest BCUT2D eigenvalue weighted by atomic mass is 32.2. The molecule has 0 saturated heterocycles. The number of unbranched alkanes of at least 4 members (excludes halogenated alkanes) is 1. The van der Waals surface area contributed by atoms with Crippen molar-refractivity contribution in [3.05, 3.63) is 95.1 Å². The number of nitrogens with zero attached hydrogens (tertiary/aromatic N) is 2. The maximum absolute atomic E-state index is 14.1. The smallest absolute Gasteiger partial charge is 0.264 e. The van der Waals surface area contributed by atoms with E-state index in [1.165, 1.54) is 4.31 Å². The molecule has 0 heterocycles. The average Bonchev–Trinajstić information content (AvgIpc) is 2.94. The number of nitrogens with one attached hydrogen (secondary N) is 1. The highest BCUT2D eigenvalue weighted by Crippen LogP contribution is 2.27. The molecule has 0 bridgehead atoms. The fourth-order valence-corrected chi connectivity index (χ4v) is 6.26. The molecule has 1 unspecified atom stereocenters. The van der Waals surface area contributed by atoms with E-state index in [1.807, 2.05) is 64.1 Å². The maximum atomic E-state index is 14.1. The van der Waals surface area contributed by atoms with Gasteiger partial charge in [-0.3, -0.25) is 13.9 Å². The molecule has 0 aliphatic carbocycles. The molecule has 0 aliphatic heterocycles. The SMILES string of the molecule is CCCCNC(=O)C(CC)N(CCc1ccccc1)C(=O)CN(c1cc(C)cc(C)c1)S(=O)(=O)c1ccc(C)cc1. The van der Waals surface area contributed by atoms with E-state index in [2.05, 4.69) is 12.2 Å². The van der Waals surface area contributed by atoms with Gasteiger partial charge in [-0.05, 0) is 81.0 Å². The summed E-state index contributed by atoms with van der Waals surface area (Å²) in [5.41, 5.74) is 4.16. The van der Waals surface area contributed by atoms with E-state index in [4.69, 9.17) is 0 Å². The number of aryl methyl sites for hydroxylation is 3. The largest absolute Gasteiger partial charge is 0.354 e. The second kappa shape index (κ2) is 14.8. The van der Waals surface area contributed by atoms with Crippen LogP contribution in [-0.4, -0.2) is 50.8 Å². The van der Waals surface area contributed by atoms with Crippen LogP contribution in [0, 0.1) is 20.8 Å². The summed E-state index contributed by atoms with van der Waals surface area (Å²) in [5, 5.41) is 2.96. The summed E-state index contributed by atoms with van der Waals surface area (Å²) in [7, 11) is -4.09. The molecule has 0 spiro atoms. The molecule has 3 aromatic rings. The van der Waals surface area contributed by atoms with Crippen molar-refractivity contribution in [2.24, 2.45) is 0 Å². The van der Waals surface area contributed by atoms with Crippen LogP contribution in [0.2, 0.25) is 0 Å². The number of hydrogen-bond donors (Lipinski definition) is 1. The molecule has 3 rings (SSSR count). The van der Waals surface area contributed by atoms with Crippen LogP contribution >= 0.6 is 0 Å². The van der Waals surface area contributed by atoms with Crippen LogP contribution in [0.5, 0.6) is 0 Å². The molecule has 220 valence electrons. The molecule has 41 heavy (non-hydrogen) atoms. The summed E-state index contributed by atoms with van der Waals surface area (Å²) < 4.78 is 29.2. The summed E-state index contributed by atoms with van der Waals surface area (Å²) in [6.07, 6.45) is 2.73. The minimum absolute atomic E-state index is 0.107. The zero-order valence-electron chi connectivity index (χ0n) is 24.9. The Morgan fingerprint density at radius 1 is 0.854 bits per heavy atom. The number of anilines is 1. The molecular weight excluding hydrogens is 534 g/mol. The summed E-state index contributed by atoms with van der Waals surface area (Å²) in [4.78, 5) is 29.0. The normalized spacial score (nSPS) is 12.0. The first-order chi connectivity index (χ1) is 19.6. The van der Waals surface area contributed by atoms with Crippen LogP contribution in [0.3, 0.4) is 0 Å². The molecule has 2 amide bonds. The van der Waals surface area contributed by atoms with E-state index in [1.54, 1.807) is 41.3 Å². The molecule has 0 fully saturated rings. The first-order valence-corrected chi connectivity index (χ1v) is 15.8. The third kappa shape index (κ3) is 8.67. The lowest BCUT2D eigenvalue weighted by Crippen LogP contribution is -2.53. The quantitative estimate of drug-likeness (QED) is 0.254. The topological polar surface area (TPSA) is 86.8 Å². The fraction of sp³-hybridized carbons (Fsp3) is 0.394. The van der Waals surface area contributed by atoms with Crippen LogP contribution in [0.4, 0.5) is 5.69 Å². The first-order valence-electron chi connectivity index (χ1n) is 14.4. The van der Waals surface area contributed by atoms with Gasteiger partial charge in [0.1, 0.15) is 12.6 Å². The van der Waals surface area contributed by atoms with E-state index in [0.717, 1.165) is 35.1 Å². The predicted molar refractivity (Wildman–Crippen MR) is 165 cm³/mol. The van der Waals surface area contributed by atoms with Crippen molar-refractivity contribution in [1.82, 2.24) is 10.2 Å². The second-order valence-electron chi connectivity index (χ2n) is 10.6. The van der Waals surface area contributed by atoms with Crippen LogP contribution in [0.15, 0.2) is 77.7 Å². The third-order valence-electron chi connectivity index (χ3n) is 7.08. The zero-order valence-corrected chi connectivity index (χ0v) is 25.7. The summed E-state index contributed by atoms with van der Waals surface area (Å²) in [6.45, 7) is 10.0. The van der Waals surface area contributed by atoms with Gasteiger partial charge < -0.3 is 10.2 Å². The zero-order chi connectivity index (χ0) is 30.0. The molecule has 0 saturated carbocycles. The Hall–Kier alpha value is -3.65. The van der Waals surface area contributed by atoms with Crippen LogP contribution in [-0.2, 0) is 26.0 Å². The predicted octanol–water partition coefficient (Wildman–Crippen LogP) is 5.57. The Bertz CT molecular complexity index is 1390. The first kappa shape index (κ1) is 31.9. The Morgan fingerprint density at radius 2 is 1.49 bits per heavy atom. The van der Waals surface area contributed by atoms with Gasteiger partial charge in [-0.15, -0.1) is 0 Å². The van der Waals surface area contributed by atoms with Gasteiger partial charge in [0.2, 0.25) is 11.8 Å². The van der Waals surface area contributed by atoms with Crippen molar-refractivity contribution in [3.8, 4) is 0 Å². The molecule has 0 aliphatic rings. The number of carbonyl (C=O) groups excluding carboxylic acids is 2.